The molecule has 4 aromatic carbocycles. The van der Waals surface area contributed by atoms with Crippen LogP contribution in [0.25, 0.3) is 0 Å². The van der Waals surface area contributed by atoms with Crippen LogP contribution in [-0.2, 0) is 6.61 Å². The van der Waals surface area contributed by atoms with E-state index < -0.39 is 0 Å². The molecule has 0 amide bonds. The van der Waals surface area contributed by atoms with Crippen molar-refractivity contribution in [3.63, 3.8) is 0 Å². The Morgan fingerprint density at radius 2 is 1.69 bits per heavy atom. The van der Waals surface area contributed by atoms with Gasteiger partial charge < -0.3 is 10.1 Å². The number of anilines is 1. The molecule has 1 aliphatic carbocycles. The van der Waals surface area contributed by atoms with Gasteiger partial charge in [-0.15, -0.1) is 0 Å². The normalized spacial score (nSPS) is 19.5. The van der Waals surface area contributed by atoms with E-state index >= 15 is 0 Å². The molecule has 4 aromatic rings. The fraction of sp³-hybridized carbons (Fsp3) is 0.229. The number of aryl methyl sites for hydroxylation is 3. The topological polar surface area (TPSA) is 33.6 Å². The van der Waals surface area contributed by atoms with Crippen LogP contribution in [-0.4, -0.2) is 6.21 Å². The molecule has 0 spiro atoms. The molecular weight excluding hydrogens is 500 g/mol. The van der Waals surface area contributed by atoms with Gasteiger partial charge >= 0.3 is 0 Å². The first-order valence-electron chi connectivity index (χ1n) is 13.6. The number of aliphatic imine (C=N–C) groups is 1. The average Bonchev–Trinajstić information content (AvgIpc) is 3.41. The minimum absolute atomic E-state index is 0.285. The fourth-order valence-electron chi connectivity index (χ4n) is 5.99. The largest absolute Gasteiger partial charge is 0.487 e. The van der Waals surface area contributed by atoms with E-state index in [1.54, 1.807) is 0 Å². The minimum atomic E-state index is 0.285. The van der Waals surface area contributed by atoms with Crippen molar-refractivity contribution >= 4 is 29.2 Å². The van der Waals surface area contributed by atoms with Crippen molar-refractivity contribution in [3.05, 3.63) is 135 Å². The van der Waals surface area contributed by atoms with Crippen LogP contribution >= 0.6 is 11.6 Å². The lowest BCUT2D eigenvalue weighted by molar-refractivity contribution is 0.306. The summed E-state index contributed by atoms with van der Waals surface area (Å²) in [5.74, 6) is 1.68. The van der Waals surface area contributed by atoms with Gasteiger partial charge in [-0.05, 0) is 91.8 Å². The van der Waals surface area contributed by atoms with Gasteiger partial charge in [0.1, 0.15) is 12.4 Å². The fourth-order valence-corrected chi connectivity index (χ4v) is 6.23. The molecule has 1 N–H and O–H groups in total. The maximum Gasteiger partial charge on any atom is 0.138 e. The number of hydrogen-bond donors (Lipinski definition) is 1. The number of allylic oxidation sites excluding steroid dienone is 2. The smallest absolute Gasteiger partial charge is 0.138 e. The van der Waals surface area contributed by atoms with Gasteiger partial charge in [0.05, 0.1) is 16.8 Å². The Kier molecular flexibility index (Phi) is 7.01. The molecule has 6 rings (SSSR count). The lowest BCUT2D eigenvalue weighted by Crippen LogP contribution is -2.29. The van der Waals surface area contributed by atoms with Crippen LogP contribution in [0.5, 0.6) is 5.75 Å². The van der Waals surface area contributed by atoms with Gasteiger partial charge in [0.15, 0.2) is 0 Å². The summed E-state index contributed by atoms with van der Waals surface area (Å²) >= 11 is 6.54. The highest BCUT2D eigenvalue weighted by atomic mass is 35.5. The zero-order valence-electron chi connectivity index (χ0n) is 22.6. The van der Waals surface area contributed by atoms with Gasteiger partial charge in [-0.1, -0.05) is 82.9 Å². The van der Waals surface area contributed by atoms with Crippen molar-refractivity contribution in [3.8, 4) is 5.75 Å². The molecule has 0 fully saturated rings. The lowest BCUT2D eigenvalue weighted by Gasteiger charge is -2.37. The predicted molar refractivity (Wildman–Crippen MR) is 163 cm³/mol. The first-order valence-corrected chi connectivity index (χ1v) is 14.0. The van der Waals surface area contributed by atoms with Gasteiger partial charge in [-0.3, -0.25) is 4.99 Å². The summed E-state index contributed by atoms with van der Waals surface area (Å²) in [5, 5.41) is 4.40. The van der Waals surface area contributed by atoms with E-state index in [0.717, 1.165) is 23.2 Å². The average molecular weight is 533 g/mol. The summed E-state index contributed by atoms with van der Waals surface area (Å²) in [6, 6.07) is 27.9. The number of halogens is 1. The molecule has 0 saturated heterocycles. The number of benzene rings is 4. The Morgan fingerprint density at radius 3 is 2.46 bits per heavy atom. The molecular formula is C35H33ClN2O. The standard InChI is InChI=1S/C35H33ClN2O/c1-22-7-13-33-31(18-22)29-5-4-6-30(29)35(38-33)27-9-11-28(12-10-27)37-20-25-8-14-34(32(36)19-25)39-21-26-16-23(2)15-24(3)17-26/h4-5,7-20,29-30,35,38H,6,21H2,1-3H3/t29-,30-,35+/m1/s1. The number of nitrogens with zero attached hydrogens (tertiary/aromatic N) is 1. The first-order chi connectivity index (χ1) is 18.9. The minimum Gasteiger partial charge on any atom is -0.487 e. The van der Waals surface area contributed by atoms with Crippen molar-refractivity contribution in [2.75, 3.05) is 5.32 Å². The van der Waals surface area contributed by atoms with Crippen LogP contribution in [0.3, 0.4) is 0 Å². The molecule has 3 atom stereocenters. The van der Waals surface area contributed by atoms with E-state index in [0.29, 0.717) is 29.2 Å². The van der Waals surface area contributed by atoms with Crippen molar-refractivity contribution in [1.82, 2.24) is 0 Å². The molecule has 196 valence electrons. The Bertz CT molecular complexity index is 1550. The zero-order chi connectivity index (χ0) is 26.9. The monoisotopic (exact) mass is 532 g/mol. The van der Waals surface area contributed by atoms with E-state index in [1.165, 1.54) is 33.5 Å². The van der Waals surface area contributed by atoms with E-state index in [2.05, 4.69) is 98.9 Å². The summed E-state index contributed by atoms with van der Waals surface area (Å²) in [7, 11) is 0. The molecule has 3 nitrogen and oxygen atoms in total. The zero-order valence-corrected chi connectivity index (χ0v) is 23.4. The van der Waals surface area contributed by atoms with Crippen molar-refractivity contribution < 1.29 is 4.74 Å². The van der Waals surface area contributed by atoms with Crippen LogP contribution in [0.1, 0.15) is 57.3 Å². The molecule has 1 heterocycles. The number of hydrogen-bond acceptors (Lipinski definition) is 3. The van der Waals surface area contributed by atoms with E-state index in [-0.39, 0.29) is 6.04 Å². The highest BCUT2D eigenvalue weighted by molar-refractivity contribution is 6.32. The van der Waals surface area contributed by atoms with E-state index in [4.69, 9.17) is 21.3 Å². The van der Waals surface area contributed by atoms with E-state index in [1.807, 2.05) is 24.4 Å². The predicted octanol–water partition coefficient (Wildman–Crippen LogP) is 9.42. The highest BCUT2D eigenvalue weighted by Crippen LogP contribution is 2.50. The van der Waals surface area contributed by atoms with Gasteiger partial charge in [0, 0.05) is 17.8 Å². The first kappa shape index (κ1) is 25.5. The van der Waals surface area contributed by atoms with Gasteiger partial charge in [0.2, 0.25) is 0 Å². The molecule has 0 unspecified atom stereocenters. The molecule has 0 bridgehead atoms. The van der Waals surface area contributed by atoms with Crippen LogP contribution < -0.4 is 10.1 Å². The van der Waals surface area contributed by atoms with Crippen LogP contribution in [0.2, 0.25) is 5.02 Å². The molecule has 0 radical (unpaired) electrons. The number of rotatable bonds is 6. The van der Waals surface area contributed by atoms with Crippen molar-refractivity contribution in [1.29, 1.82) is 0 Å². The Hall–Kier alpha value is -3.82. The summed E-state index contributed by atoms with van der Waals surface area (Å²) in [5.41, 5.74) is 10.7. The number of fused-ring (bicyclic) bond motifs is 3. The summed E-state index contributed by atoms with van der Waals surface area (Å²) in [6.45, 7) is 6.85. The number of ether oxygens (including phenoxy) is 1. The third kappa shape index (κ3) is 5.51. The molecule has 0 saturated carbocycles. The molecule has 39 heavy (non-hydrogen) atoms. The highest BCUT2D eigenvalue weighted by Gasteiger charge is 2.37. The van der Waals surface area contributed by atoms with E-state index in [9.17, 15) is 0 Å². The lowest BCUT2D eigenvalue weighted by atomic mass is 9.76. The maximum atomic E-state index is 6.54. The maximum absolute atomic E-state index is 6.54. The second-order valence-electron chi connectivity index (χ2n) is 10.9. The molecule has 0 aromatic heterocycles. The van der Waals surface area contributed by atoms with Crippen molar-refractivity contribution in [2.24, 2.45) is 10.9 Å². The van der Waals surface area contributed by atoms with Crippen LogP contribution in [0.4, 0.5) is 11.4 Å². The Morgan fingerprint density at radius 1 is 0.897 bits per heavy atom. The summed E-state index contributed by atoms with van der Waals surface area (Å²) < 4.78 is 5.99. The molecule has 1 aliphatic heterocycles. The Labute approximate surface area is 236 Å². The van der Waals surface area contributed by atoms with Gasteiger partial charge in [-0.2, -0.15) is 0 Å². The second-order valence-corrected chi connectivity index (χ2v) is 11.3. The summed E-state index contributed by atoms with van der Waals surface area (Å²) in [4.78, 5) is 4.70. The second kappa shape index (κ2) is 10.7. The third-order valence-corrected chi connectivity index (χ3v) is 8.06. The Balaban J connectivity index is 1.12. The number of nitrogens with one attached hydrogen (secondary N) is 1. The quantitative estimate of drug-likeness (QED) is 0.198. The van der Waals surface area contributed by atoms with Crippen molar-refractivity contribution in [2.45, 2.75) is 45.8 Å². The van der Waals surface area contributed by atoms with Gasteiger partial charge in [-0.25, -0.2) is 0 Å². The SMILES string of the molecule is Cc1cc(C)cc(COc2ccc(C=Nc3ccc([C@@H]4Nc5ccc(C)cc5[C@@H]5C=CC[C@H]54)cc3)cc2Cl)c1. The van der Waals surface area contributed by atoms with Crippen LogP contribution in [0, 0.1) is 26.7 Å². The molecule has 4 heteroatoms. The van der Waals surface area contributed by atoms with Crippen LogP contribution in [0.15, 0.2) is 96.0 Å². The summed E-state index contributed by atoms with van der Waals surface area (Å²) in [6.07, 6.45) is 7.68. The third-order valence-electron chi connectivity index (χ3n) is 7.76. The van der Waals surface area contributed by atoms with Gasteiger partial charge in [0.25, 0.3) is 0 Å². The molecule has 2 aliphatic rings.